The molecule has 13 heavy (non-hydrogen) atoms. The van der Waals surface area contributed by atoms with E-state index >= 15 is 0 Å². The molecule has 0 aromatic carbocycles. The summed E-state index contributed by atoms with van der Waals surface area (Å²) in [4.78, 5) is 4.26. The molecule has 0 aromatic heterocycles. The van der Waals surface area contributed by atoms with Gasteiger partial charge in [0, 0.05) is 19.4 Å². The summed E-state index contributed by atoms with van der Waals surface area (Å²) in [6.07, 6.45) is 0. The van der Waals surface area contributed by atoms with Crippen LogP contribution in [0, 0.1) is 0 Å². The minimum absolute atomic E-state index is 0.662. The van der Waals surface area contributed by atoms with Crippen molar-refractivity contribution in [2.24, 2.45) is 4.99 Å². The first-order valence-corrected chi connectivity index (χ1v) is 5.40. The lowest BCUT2D eigenvalue weighted by atomic mass is 10.7. The van der Waals surface area contributed by atoms with E-state index < -0.39 is 0 Å². The first-order chi connectivity index (χ1) is 6.43. The lowest BCUT2D eigenvalue weighted by Crippen LogP contribution is -2.24. The van der Waals surface area contributed by atoms with Crippen molar-refractivity contribution in [2.45, 2.75) is 0 Å². The minimum atomic E-state index is 0.662. The number of methoxy groups -OCH3 is 1. The van der Waals surface area contributed by atoms with Crippen molar-refractivity contribution in [3.8, 4) is 0 Å². The molecule has 1 rings (SSSR count). The van der Waals surface area contributed by atoms with E-state index in [9.17, 15) is 0 Å². The Hall–Kier alpha value is -0.260. The average Bonchev–Trinajstić information content (AvgIpc) is 2.63. The number of thioether (sulfide) groups is 1. The van der Waals surface area contributed by atoms with Crippen LogP contribution >= 0.6 is 11.8 Å². The van der Waals surface area contributed by atoms with Crippen LogP contribution < -0.4 is 5.32 Å². The molecule has 0 bridgehead atoms. The second kappa shape index (κ2) is 7.17. The summed E-state index contributed by atoms with van der Waals surface area (Å²) < 4.78 is 10.1. The molecule has 0 atom stereocenters. The Morgan fingerprint density at radius 2 is 2.38 bits per heavy atom. The molecular weight excluding hydrogens is 188 g/mol. The third-order valence-corrected chi connectivity index (χ3v) is 2.47. The Morgan fingerprint density at radius 3 is 3.08 bits per heavy atom. The molecule has 1 aliphatic heterocycles. The highest BCUT2D eigenvalue weighted by atomic mass is 32.2. The Labute approximate surface area is 83.1 Å². The zero-order chi connectivity index (χ0) is 9.36. The van der Waals surface area contributed by atoms with Crippen molar-refractivity contribution in [2.75, 3.05) is 45.8 Å². The molecule has 4 nitrogen and oxygen atoms in total. The van der Waals surface area contributed by atoms with E-state index in [1.807, 2.05) is 0 Å². The van der Waals surface area contributed by atoms with Crippen LogP contribution in [-0.4, -0.2) is 50.9 Å². The molecular formula is C8H16N2O2S. The van der Waals surface area contributed by atoms with Gasteiger partial charge in [-0.15, -0.1) is 0 Å². The van der Waals surface area contributed by atoms with E-state index in [0.29, 0.717) is 19.8 Å². The second-order valence-corrected chi connectivity index (χ2v) is 3.65. The number of ether oxygens (including phenoxy) is 2. The van der Waals surface area contributed by atoms with Crippen LogP contribution in [0.3, 0.4) is 0 Å². The van der Waals surface area contributed by atoms with Crippen LogP contribution in [0.15, 0.2) is 4.99 Å². The number of aliphatic imine (C=N–C) groups is 1. The minimum Gasteiger partial charge on any atom is -0.382 e. The summed E-state index contributed by atoms with van der Waals surface area (Å²) in [5.74, 6) is 1.10. The maximum Gasteiger partial charge on any atom is 0.156 e. The van der Waals surface area contributed by atoms with E-state index in [0.717, 1.165) is 24.0 Å². The Morgan fingerprint density at radius 1 is 1.46 bits per heavy atom. The molecule has 5 heteroatoms. The standard InChI is InChI=1S/C8H16N2O2S/c1-11-5-6-12-4-2-9-8-10-3-7-13-8/h2-7H2,1H3,(H,9,10). The van der Waals surface area contributed by atoms with E-state index in [1.54, 1.807) is 18.9 Å². The van der Waals surface area contributed by atoms with Crippen LogP contribution in [-0.2, 0) is 9.47 Å². The zero-order valence-electron chi connectivity index (χ0n) is 7.91. The number of hydrogen-bond acceptors (Lipinski definition) is 5. The summed E-state index contributed by atoms with van der Waals surface area (Å²) >= 11 is 1.77. The highest BCUT2D eigenvalue weighted by molar-refractivity contribution is 8.14. The molecule has 0 amide bonds. The van der Waals surface area contributed by atoms with Gasteiger partial charge in [0.25, 0.3) is 0 Å². The normalized spacial score (nSPS) is 15.9. The van der Waals surface area contributed by atoms with Crippen LogP contribution in [0.25, 0.3) is 0 Å². The van der Waals surface area contributed by atoms with Crippen molar-refractivity contribution in [3.05, 3.63) is 0 Å². The molecule has 0 unspecified atom stereocenters. The van der Waals surface area contributed by atoms with Crippen molar-refractivity contribution in [1.29, 1.82) is 0 Å². The quantitative estimate of drug-likeness (QED) is 0.634. The zero-order valence-corrected chi connectivity index (χ0v) is 8.73. The molecule has 0 aliphatic carbocycles. The monoisotopic (exact) mass is 204 g/mol. The van der Waals surface area contributed by atoms with E-state index in [2.05, 4.69) is 10.3 Å². The molecule has 76 valence electrons. The Bertz CT molecular complexity index is 164. The summed E-state index contributed by atoms with van der Waals surface area (Å²) in [7, 11) is 1.67. The molecule has 0 spiro atoms. The topological polar surface area (TPSA) is 42.9 Å². The predicted octanol–water partition coefficient (Wildman–Crippen LogP) is 0.342. The number of nitrogens with one attached hydrogen (secondary N) is 1. The smallest absolute Gasteiger partial charge is 0.156 e. The predicted molar refractivity (Wildman–Crippen MR) is 55.5 cm³/mol. The largest absolute Gasteiger partial charge is 0.382 e. The summed E-state index contributed by atoms with van der Waals surface area (Å²) in [5, 5.41) is 4.26. The summed E-state index contributed by atoms with van der Waals surface area (Å²) in [5.41, 5.74) is 0. The van der Waals surface area contributed by atoms with Crippen LogP contribution in [0.2, 0.25) is 0 Å². The average molecular weight is 204 g/mol. The van der Waals surface area contributed by atoms with Gasteiger partial charge in [-0.05, 0) is 0 Å². The van der Waals surface area contributed by atoms with Gasteiger partial charge in [0.2, 0.25) is 0 Å². The fraction of sp³-hybridized carbons (Fsp3) is 0.875. The highest BCUT2D eigenvalue weighted by Gasteiger charge is 2.04. The van der Waals surface area contributed by atoms with E-state index in [-0.39, 0.29) is 0 Å². The lowest BCUT2D eigenvalue weighted by Gasteiger charge is -2.05. The molecule has 0 saturated heterocycles. The molecule has 1 heterocycles. The van der Waals surface area contributed by atoms with Crippen molar-refractivity contribution >= 4 is 16.9 Å². The maximum atomic E-state index is 5.28. The Balaban J connectivity index is 1.83. The molecule has 1 N–H and O–H groups in total. The van der Waals surface area contributed by atoms with Gasteiger partial charge in [-0.25, -0.2) is 0 Å². The molecule has 0 radical (unpaired) electrons. The van der Waals surface area contributed by atoms with Gasteiger partial charge < -0.3 is 14.8 Å². The van der Waals surface area contributed by atoms with Crippen LogP contribution in [0.1, 0.15) is 0 Å². The van der Waals surface area contributed by atoms with Crippen molar-refractivity contribution in [3.63, 3.8) is 0 Å². The first kappa shape index (κ1) is 10.8. The van der Waals surface area contributed by atoms with Crippen LogP contribution in [0.4, 0.5) is 0 Å². The van der Waals surface area contributed by atoms with Gasteiger partial charge in [-0.3, -0.25) is 4.99 Å². The summed E-state index contributed by atoms with van der Waals surface area (Å²) in [6, 6.07) is 0. The van der Waals surface area contributed by atoms with E-state index in [4.69, 9.17) is 9.47 Å². The first-order valence-electron chi connectivity index (χ1n) is 4.41. The second-order valence-electron chi connectivity index (χ2n) is 2.57. The molecule has 0 fully saturated rings. The van der Waals surface area contributed by atoms with Gasteiger partial charge in [0.1, 0.15) is 0 Å². The SMILES string of the molecule is COCCOCCNC1=NCCS1. The van der Waals surface area contributed by atoms with E-state index in [1.165, 1.54) is 0 Å². The fourth-order valence-electron chi connectivity index (χ4n) is 0.917. The van der Waals surface area contributed by atoms with Gasteiger partial charge >= 0.3 is 0 Å². The van der Waals surface area contributed by atoms with Gasteiger partial charge in [-0.2, -0.15) is 0 Å². The lowest BCUT2D eigenvalue weighted by molar-refractivity contribution is 0.0734. The third-order valence-electron chi connectivity index (χ3n) is 1.54. The number of rotatable bonds is 6. The maximum absolute atomic E-state index is 5.28. The highest BCUT2D eigenvalue weighted by Crippen LogP contribution is 2.08. The fourth-order valence-corrected chi connectivity index (χ4v) is 1.68. The van der Waals surface area contributed by atoms with Gasteiger partial charge in [0.15, 0.2) is 5.17 Å². The molecule has 0 aromatic rings. The van der Waals surface area contributed by atoms with Crippen molar-refractivity contribution < 1.29 is 9.47 Å². The van der Waals surface area contributed by atoms with Crippen molar-refractivity contribution in [1.82, 2.24) is 5.32 Å². The molecule has 1 aliphatic rings. The third kappa shape index (κ3) is 5.13. The summed E-state index contributed by atoms with van der Waals surface area (Å²) in [6.45, 7) is 3.81. The van der Waals surface area contributed by atoms with Crippen LogP contribution in [0.5, 0.6) is 0 Å². The number of hydrogen-bond donors (Lipinski definition) is 1. The Kier molecular flexibility index (Phi) is 5.97. The van der Waals surface area contributed by atoms with Gasteiger partial charge in [0.05, 0.1) is 26.4 Å². The van der Waals surface area contributed by atoms with Gasteiger partial charge in [-0.1, -0.05) is 11.8 Å². The molecule has 0 saturated carbocycles. The number of nitrogens with zero attached hydrogens (tertiary/aromatic N) is 1. The number of amidine groups is 1.